The zero-order valence-corrected chi connectivity index (χ0v) is 15.5. The summed E-state index contributed by atoms with van der Waals surface area (Å²) < 4.78 is 6.92. The first kappa shape index (κ1) is 16.8. The zero-order chi connectivity index (χ0) is 19.1. The van der Waals surface area contributed by atoms with Gasteiger partial charge in [-0.2, -0.15) is 9.50 Å². The van der Waals surface area contributed by atoms with Crippen molar-refractivity contribution >= 4 is 17.4 Å². The maximum atomic E-state index is 6.14. The van der Waals surface area contributed by atoms with Gasteiger partial charge in [-0.1, -0.05) is 0 Å². The molecule has 0 saturated carbocycles. The normalized spacial score (nSPS) is 16.7. The van der Waals surface area contributed by atoms with E-state index in [4.69, 9.17) is 10.2 Å². The third-order valence-corrected chi connectivity index (χ3v) is 5.18. The van der Waals surface area contributed by atoms with E-state index in [1.54, 1.807) is 18.5 Å². The van der Waals surface area contributed by atoms with Crippen LogP contribution in [0.4, 0.5) is 11.8 Å². The van der Waals surface area contributed by atoms with E-state index < -0.39 is 0 Å². The molecular weight excluding hydrogens is 358 g/mol. The minimum absolute atomic E-state index is 0.255. The molecule has 1 atom stereocenters. The number of rotatable bonds is 4. The topological polar surface area (TPSA) is 117 Å². The fourth-order valence-electron chi connectivity index (χ4n) is 3.59. The molecule has 1 fully saturated rings. The van der Waals surface area contributed by atoms with Crippen molar-refractivity contribution in [2.75, 3.05) is 36.8 Å². The highest BCUT2D eigenvalue weighted by Gasteiger charge is 2.25. The van der Waals surface area contributed by atoms with Crippen LogP contribution in [0.3, 0.4) is 0 Å². The van der Waals surface area contributed by atoms with Gasteiger partial charge in [-0.3, -0.25) is 4.90 Å². The number of nitrogens with zero attached hydrogens (tertiary/aromatic N) is 7. The molecule has 4 aromatic heterocycles. The number of fused-ring (bicyclic) bond motifs is 1. The largest absolute Gasteiger partial charge is 0.461 e. The molecule has 1 aliphatic rings. The number of imidazole rings is 1. The van der Waals surface area contributed by atoms with Gasteiger partial charge in [-0.15, -0.1) is 5.10 Å². The lowest BCUT2D eigenvalue weighted by Gasteiger charge is -2.37. The lowest BCUT2D eigenvalue weighted by Crippen LogP contribution is -2.47. The smallest absolute Gasteiger partial charge is 0.225 e. The van der Waals surface area contributed by atoms with E-state index >= 15 is 0 Å². The summed E-state index contributed by atoms with van der Waals surface area (Å²) in [7, 11) is 0. The quantitative estimate of drug-likeness (QED) is 0.549. The number of nitrogens with one attached hydrogen (secondary N) is 1. The highest BCUT2D eigenvalue weighted by Crippen LogP contribution is 2.24. The molecule has 0 bridgehead atoms. The van der Waals surface area contributed by atoms with Crippen molar-refractivity contribution < 1.29 is 4.42 Å². The first-order valence-electron chi connectivity index (χ1n) is 9.24. The molecule has 5 rings (SSSR count). The highest BCUT2D eigenvalue weighted by molar-refractivity contribution is 5.59. The number of hydrogen-bond acceptors (Lipinski definition) is 8. The number of aromatic amines is 1. The van der Waals surface area contributed by atoms with Gasteiger partial charge in [0.1, 0.15) is 11.6 Å². The Kier molecular flexibility index (Phi) is 3.97. The van der Waals surface area contributed by atoms with E-state index in [1.165, 1.54) is 4.52 Å². The van der Waals surface area contributed by atoms with Crippen LogP contribution in [-0.2, 0) is 0 Å². The molecule has 0 aliphatic carbocycles. The van der Waals surface area contributed by atoms with Crippen molar-refractivity contribution in [3.63, 3.8) is 0 Å². The van der Waals surface area contributed by atoms with E-state index in [2.05, 4.69) is 41.8 Å². The van der Waals surface area contributed by atoms with Crippen LogP contribution in [0.25, 0.3) is 17.2 Å². The average molecular weight is 379 g/mol. The third kappa shape index (κ3) is 2.87. The predicted molar refractivity (Wildman–Crippen MR) is 104 cm³/mol. The second kappa shape index (κ2) is 6.64. The van der Waals surface area contributed by atoms with Crippen molar-refractivity contribution in [3.05, 3.63) is 42.7 Å². The summed E-state index contributed by atoms with van der Waals surface area (Å²) in [5, 5.41) is 4.39. The summed E-state index contributed by atoms with van der Waals surface area (Å²) in [5.74, 6) is 3.21. The number of furan rings is 1. The van der Waals surface area contributed by atoms with Gasteiger partial charge >= 0.3 is 0 Å². The summed E-state index contributed by atoms with van der Waals surface area (Å²) >= 11 is 0. The number of aromatic nitrogens is 6. The molecule has 3 N–H and O–H groups in total. The molecule has 28 heavy (non-hydrogen) atoms. The van der Waals surface area contributed by atoms with E-state index in [9.17, 15) is 0 Å². The first-order valence-corrected chi connectivity index (χ1v) is 9.24. The lowest BCUT2D eigenvalue weighted by molar-refractivity contribution is 0.192. The zero-order valence-electron chi connectivity index (χ0n) is 15.5. The minimum atomic E-state index is 0.255. The molecule has 1 unspecified atom stereocenters. The second-order valence-corrected chi connectivity index (χ2v) is 6.83. The molecule has 0 radical (unpaired) electrons. The van der Waals surface area contributed by atoms with Crippen molar-refractivity contribution in [1.82, 2.24) is 34.4 Å². The first-order chi connectivity index (χ1) is 13.7. The number of anilines is 2. The van der Waals surface area contributed by atoms with E-state index in [0.717, 1.165) is 37.8 Å². The van der Waals surface area contributed by atoms with E-state index in [1.807, 2.05) is 18.3 Å². The maximum Gasteiger partial charge on any atom is 0.225 e. The summed E-state index contributed by atoms with van der Waals surface area (Å²) in [5.41, 5.74) is 6.79. The van der Waals surface area contributed by atoms with Crippen LogP contribution in [0.2, 0.25) is 0 Å². The molecule has 0 spiro atoms. The number of H-pyrrole nitrogens is 1. The molecule has 144 valence electrons. The van der Waals surface area contributed by atoms with Crippen molar-refractivity contribution in [2.24, 2.45) is 0 Å². The van der Waals surface area contributed by atoms with Crippen molar-refractivity contribution in [3.8, 4) is 11.6 Å². The molecule has 10 heteroatoms. The Hall–Kier alpha value is -3.40. The maximum absolute atomic E-state index is 6.14. The minimum Gasteiger partial charge on any atom is -0.461 e. The Morgan fingerprint density at radius 2 is 2.07 bits per heavy atom. The monoisotopic (exact) mass is 379 g/mol. The van der Waals surface area contributed by atoms with Gasteiger partial charge < -0.3 is 20.0 Å². The van der Waals surface area contributed by atoms with Crippen LogP contribution in [0.15, 0.2) is 41.3 Å². The molecule has 1 aliphatic heterocycles. The SMILES string of the molecule is CC(c1ncc[nH]1)N1CCN(c2cc3nc(-c4ccco4)nn3c(N)n2)CC1. The van der Waals surface area contributed by atoms with E-state index in [-0.39, 0.29) is 6.04 Å². The van der Waals surface area contributed by atoms with Crippen LogP contribution in [-0.4, -0.2) is 60.6 Å². The van der Waals surface area contributed by atoms with Gasteiger partial charge in [0.05, 0.1) is 12.3 Å². The van der Waals surface area contributed by atoms with Gasteiger partial charge in [-0.25, -0.2) is 9.97 Å². The van der Waals surface area contributed by atoms with E-state index in [0.29, 0.717) is 23.2 Å². The molecule has 4 aromatic rings. The molecule has 0 amide bonds. The molecule has 0 aromatic carbocycles. The van der Waals surface area contributed by atoms with Crippen LogP contribution >= 0.6 is 0 Å². The highest BCUT2D eigenvalue weighted by atomic mass is 16.3. The summed E-state index contributed by atoms with van der Waals surface area (Å²) in [6, 6.07) is 5.79. The van der Waals surface area contributed by atoms with Crippen LogP contribution in [0.5, 0.6) is 0 Å². The Morgan fingerprint density at radius 1 is 1.21 bits per heavy atom. The number of nitrogens with two attached hydrogens (primary N) is 1. The van der Waals surface area contributed by atoms with Crippen LogP contribution in [0, 0.1) is 0 Å². The average Bonchev–Trinajstić information content (AvgIpc) is 3.48. The molecule has 5 heterocycles. The molecule has 10 nitrogen and oxygen atoms in total. The summed E-state index contributed by atoms with van der Waals surface area (Å²) in [6.07, 6.45) is 5.25. The van der Waals surface area contributed by atoms with Gasteiger partial charge in [0.25, 0.3) is 0 Å². The van der Waals surface area contributed by atoms with Crippen LogP contribution < -0.4 is 10.6 Å². The predicted octanol–water partition coefficient (Wildman–Crippen LogP) is 1.57. The second-order valence-electron chi connectivity index (χ2n) is 6.83. The Bertz CT molecular complexity index is 1060. The standard InChI is InChI=1S/C18H21N9O/c1-12(16-20-4-5-21-16)25-6-8-26(9-7-25)14-11-15-22-17(13-3-2-10-28-13)24-27(15)18(19)23-14/h2-5,10-12H,6-9H2,1H3,(H2,19,23)(H,20,21). The molecular formula is C18H21N9O. The van der Waals surface area contributed by atoms with Crippen molar-refractivity contribution in [2.45, 2.75) is 13.0 Å². The summed E-state index contributed by atoms with van der Waals surface area (Å²) in [4.78, 5) is 21.3. The van der Waals surface area contributed by atoms with Gasteiger partial charge in [-0.05, 0) is 19.1 Å². The van der Waals surface area contributed by atoms with Crippen molar-refractivity contribution in [1.29, 1.82) is 0 Å². The number of hydrogen-bond donors (Lipinski definition) is 2. The Labute approximate surface area is 161 Å². The number of piperazine rings is 1. The molecule has 1 saturated heterocycles. The van der Waals surface area contributed by atoms with Gasteiger partial charge in [0.15, 0.2) is 11.4 Å². The Balaban J connectivity index is 1.35. The van der Waals surface area contributed by atoms with Gasteiger partial charge in [0.2, 0.25) is 11.8 Å². The fourth-order valence-corrected chi connectivity index (χ4v) is 3.59. The third-order valence-electron chi connectivity index (χ3n) is 5.18. The fraction of sp³-hybridized carbons (Fsp3) is 0.333. The number of nitrogen functional groups attached to an aromatic ring is 1. The lowest BCUT2D eigenvalue weighted by atomic mass is 10.2. The van der Waals surface area contributed by atoms with Crippen LogP contribution in [0.1, 0.15) is 18.8 Å². The summed E-state index contributed by atoms with van der Waals surface area (Å²) in [6.45, 7) is 5.71. The van der Waals surface area contributed by atoms with Gasteiger partial charge in [0, 0.05) is 44.6 Å². The Morgan fingerprint density at radius 3 is 2.79 bits per heavy atom.